The molecule has 0 bridgehead atoms. The molecule has 1 aromatic heterocycles. The highest BCUT2D eigenvalue weighted by molar-refractivity contribution is 7.71. The van der Waals surface area contributed by atoms with Crippen LogP contribution in [0, 0.1) is 16.4 Å². The Kier molecular flexibility index (Phi) is 2.91. The number of piperidine rings is 1. The third kappa shape index (κ3) is 1.76. The molecule has 2 aromatic rings. The lowest BCUT2D eigenvalue weighted by molar-refractivity contribution is 0.369. The third-order valence-electron chi connectivity index (χ3n) is 3.44. The van der Waals surface area contributed by atoms with E-state index in [0.29, 0.717) is 10.3 Å². The second kappa shape index (κ2) is 4.44. The highest BCUT2D eigenvalue weighted by Gasteiger charge is 2.21. The average molecular weight is 269 g/mol. The van der Waals surface area contributed by atoms with Crippen molar-refractivity contribution >= 4 is 23.3 Å². The minimum absolute atomic E-state index is 0.129. The van der Waals surface area contributed by atoms with Crippen molar-refractivity contribution in [2.75, 3.05) is 13.1 Å². The summed E-state index contributed by atoms with van der Waals surface area (Å²) >= 11 is 5.23. The quantitative estimate of drug-likeness (QED) is 0.780. The molecule has 0 aliphatic carbocycles. The zero-order chi connectivity index (χ0) is 12.7. The van der Waals surface area contributed by atoms with Crippen LogP contribution < -0.4 is 5.32 Å². The smallest absolute Gasteiger partial charge is 0.184 e. The van der Waals surface area contributed by atoms with E-state index in [-0.39, 0.29) is 11.6 Å². The fraction of sp³-hybridized carbons (Fsp3) is 0.417. The molecule has 96 valence electrons. The van der Waals surface area contributed by atoms with Crippen LogP contribution >= 0.6 is 12.2 Å². The van der Waals surface area contributed by atoms with Gasteiger partial charge in [-0.25, -0.2) is 8.78 Å². The normalized spacial score (nSPS) is 17.4. The van der Waals surface area contributed by atoms with Crippen molar-refractivity contribution in [3.05, 3.63) is 28.5 Å². The Morgan fingerprint density at radius 3 is 2.67 bits per heavy atom. The summed E-state index contributed by atoms with van der Waals surface area (Å²) in [6.45, 7) is 1.74. The van der Waals surface area contributed by atoms with Gasteiger partial charge in [0.15, 0.2) is 16.4 Å². The van der Waals surface area contributed by atoms with Crippen molar-refractivity contribution in [1.82, 2.24) is 14.9 Å². The number of hydrogen-bond donors (Lipinski definition) is 2. The van der Waals surface area contributed by atoms with E-state index in [1.165, 1.54) is 6.07 Å². The van der Waals surface area contributed by atoms with Gasteiger partial charge in [0.25, 0.3) is 0 Å². The molecule has 1 aromatic carbocycles. The van der Waals surface area contributed by atoms with E-state index in [2.05, 4.69) is 10.3 Å². The Bertz CT molecular complexity index is 641. The molecular weight excluding hydrogens is 256 g/mol. The molecule has 0 amide bonds. The van der Waals surface area contributed by atoms with Gasteiger partial charge in [0, 0.05) is 6.04 Å². The van der Waals surface area contributed by atoms with Crippen LogP contribution in [0.2, 0.25) is 0 Å². The summed E-state index contributed by atoms with van der Waals surface area (Å²) in [5.41, 5.74) is 0.810. The lowest BCUT2D eigenvalue weighted by Gasteiger charge is -2.24. The third-order valence-corrected chi connectivity index (χ3v) is 3.74. The van der Waals surface area contributed by atoms with Gasteiger partial charge in [-0.3, -0.25) is 0 Å². The molecule has 0 unspecified atom stereocenters. The number of hydrogen-bond acceptors (Lipinski definition) is 2. The Morgan fingerprint density at radius 2 is 1.94 bits per heavy atom. The molecule has 3 rings (SSSR count). The summed E-state index contributed by atoms with van der Waals surface area (Å²) in [5, 5.41) is 3.24. The summed E-state index contributed by atoms with van der Waals surface area (Å²) in [5.74, 6) is -1.66. The maximum atomic E-state index is 13.9. The van der Waals surface area contributed by atoms with Gasteiger partial charge in [-0.1, -0.05) is 0 Å². The van der Waals surface area contributed by atoms with Crippen LogP contribution in [0.5, 0.6) is 0 Å². The number of fused-ring (bicyclic) bond motifs is 1. The van der Waals surface area contributed by atoms with E-state index in [0.717, 1.165) is 32.0 Å². The van der Waals surface area contributed by atoms with Gasteiger partial charge in [0.2, 0.25) is 0 Å². The molecule has 2 heterocycles. The molecule has 1 fully saturated rings. The van der Waals surface area contributed by atoms with Gasteiger partial charge in [0.05, 0.1) is 5.52 Å². The minimum atomic E-state index is -0.834. The molecule has 0 saturated carbocycles. The Morgan fingerprint density at radius 1 is 1.22 bits per heavy atom. The summed E-state index contributed by atoms with van der Waals surface area (Å²) in [6.07, 6.45) is 1.74. The topological polar surface area (TPSA) is 32.8 Å². The summed E-state index contributed by atoms with van der Waals surface area (Å²) in [6, 6.07) is 2.78. The van der Waals surface area contributed by atoms with Crippen LogP contribution in [0.3, 0.4) is 0 Å². The van der Waals surface area contributed by atoms with Crippen molar-refractivity contribution in [3.8, 4) is 0 Å². The van der Waals surface area contributed by atoms with E-state index in [9.17, 15) is 8.78 Å². The minimum Gasteiger partial charge on any atom is -0.330 e. The first-order valence-corrected chi connectivity index (χ1v) is 6.38. The SMILES string of the molecule is Fc1ccc2[nH]c(=S)n(C3CCNCC3)c2c1F. The molecule has 1 aliphatic rings. The van der Waals surface area contributed by atoms with Gasteiger partial charge in [-0.2, -0.15) is 0 Å². The number of benzene rings is 1. The molecule has 0 radical (unpaired) electrons. The lowest BCUT2D eigenvalue weighted by Crippen LogP contribution is -2.29. The predicted molar refractivity (Wildman–Crippen MR) is 68.2 cm³/mol. The monoisotopic (exact) mass is 269 g/mol. The van der Waals surface area contributed by atoms with Crippen LogP contribution in [0.1, 0.15) is 18.9 Å². The van der Waals surface area contributed by atoms with Crippen LogP contribution in [0.15, 0.2) is 12.1 Å². The number of halogens is 2. The first-order valence-electron chi connectivity index (χ1n) is 5.97. The fourth-order valence-corrected chi connectivity index (χ4v) is 2.92. The molecule has 1 aliphatic heterocycles. The Hall–Kier alpha value is -1.27. The van der Waals surface area contributed by atoms with Crippen molar-refractivity contribution in [1.29, 1.82) is 0 Å². The average Bonchev–Trinajstić information content (AvgIpc) is 2.72. The Balaban J connectivity index is 2.23. The molecular formula is C12H13F2N3S. The number of H-pyrrole nitrogens is 1. The summed E-state index contributed by atoms with van der Waals surface area (Å²) in [4.78, 5) is 2.94. The van der Waals surface area contributed by atoms with Gasteiger partial charge in [-0.05, 0) is 50.3 Å². The van der Waals surface area contributed by atoms with Crippen molar-refractivity contribution in [2.45, 2.75) is 18.9 Å². The maximum Gasteiger partial charge on any atom is 0.184 e. The molecule has 0 atom stereocenters. The Labute approximate surface area is 108 Å². The second-order valence-electron chi connectivity index (χ2n) is 4.54. The number of nitrogens with zero attached hydrogens (tertiary/aromatic N) is 1. The van der Waals surface area contributed by atoms with Crippen LogP contribution in [-0.4, -0.2) is 22.6 Å². The number of imidazole rings is 1. The van der Waals surface area contributed by atoms with Crippen molar-refractivity contribution in [2.24, 2.45) is 0 Å². The van der Waals surface area contributed by atoms with E-state index < -0.39 is 11.6 Å². The fourth-order valence-electron chi connectivity index (χ4n) is 2.57. The largest absolute Gasteiger partial charge is 0.330 e. The number of aromatic nitrogens is 2. The number of aromatic amines is 1. The van der Waals surface area contributed by atoms with Crippen molar-refractivity contribution in [3.63, 3.8) is 0 Å². The maximum absolute atomic E-state index is 13.9. The van der Waals surface area contributed by atoms with E-state index in [1.807, 2.05) is 0 Å². The van der Waals surface area contributed by atoms with Gasteiger partial charge >= 0.3 is 0 Å². The lowest BCUT2D eigenvalue weighted by atomic mass is 10.1. The molecule has 3 nitrogen and oxygen atoms in total. The van der Waals surface area contributed by atoms with E-state index >= 15 is 0 Å². The zero-order valence-electron chi connectivity index (χ0n) is 9.67. The first-order chi connectivity index (χ1) is 8.68. The van der Waals surface area contributed by atoms with Crippen LogP contribution in [0.4, 0.5) is 8.78 Å². The molecule has 2 N–H and O–H groups in total. The predicted octanol–water partition coefficient (Wildman–Crippen LogP) is 2.90. The molecule has 18 heavy (non-hydrogen) atoms. The van der Waals surface area contributed by atoms with Gasteiger partial charge in [0.1, 0.15) is 5.52 Å². The van der Waals surface area contributed by atoms with Gasteiger partial charge in [-0.15, -0.1) is 0 Å². The van der Waals surface area contributed by atoms with Gasteiger partial charge < -0.3 is 14.9 Å². The van der Waals surface area contributed by atoms with Crippen LogP contribution in [-0.2, 0) is 0 Å². The summed E-state index contributed by atoms with van der Waals surface area (Å²) in [7, 11) is 0. The first kappa shape index (κ1) is 11.8. The molecule has 1 saturated heterocycles. The second-order valence-corrected chi connectivity index (χ2v) is 4.93. The van der Waals surface area contributed by atoms with E-state index in [1.54, 1.807) is 4.57 Å². The van der Waals surface area contributed by atoms with Crippen LogP contribution in [0.25, 0.3) is 11.0 Å². The number of nitrogens with one attached hydrogen (secondary N) is 2. The molecule has 0 spiro atoms. The number of rotatable bonds is 1. The van der Waals surface area contributed by atoms with Crippen molar-refractivity contribution < 1.29 is 8.78 Å². The zero-order valence-corrected chi connectivity index (χ0v) is 10.5. The summed E-state index contributed by atoms with van der Waals surface area (Å²) < 4.78 is 29.5. The molecule has 6 heteroatoms. The van der Waals surface area contributed by atoms with E-state index in [4.69, 9.17) is 12.2 Å². The highest BCUT2D eigenvalue weighted by atomic mass is 32.1. The standard InChI is InChI=1S/C12H13F2N3S/c13-8-1-2-9-11(10(8)14)17(12(18)16-9)7-3-5-15-6-4-7/h1-2,7,15H,3-6H2,(H,16,18). The highest BCUT2D eigenvalue weighted by Crippen LogP contribution is 2.27.